The highest BCUT2D eigenvalue weighted by Crippen LogP contribution is 2.20. The molecule has 1 aromatic heterocycles. The maximum Gasteiger partial charge on any atom is 0.165 e. The van der Waals surface area contributed by atoms with Crippen LogP contribution in [0.15, 0.2) is 35.7 Å². The molecule has 0 spiro atoms. The summed E-state index contributed by atoms with van der Waals surface area (Å²) < 4.78 is 18.7. The van der Waals surface area contributed by atoms with Gasteiger partial charge in [0.25, 0.3) is 0 Å². The Morgan fingerprint density at radius 1 is 1.33 bits per heavy atom. The van der Waals surface area contributed by atoms with Crippen molar-refractivity contribution in [3.8, 4) is 17.6 Å². The van der Waals surface area contributed by atoms with Crippen molar-refractivity contribution in [3.63, 3.8) is 0 Å². The smallest absolute Gasteiger partial charge is 0.165 e. The summed E-state index contributed by atoms with van der Waals surface area (Å²) in [4.78, 5) is 0.959. The molecule has 0 atom stereocenters. The van der Waals surface area contributed by atoms with Gasteiger partial charge >= 0.3 is 0 Å². The highest BCUT2D eigenvalue weighted by molar-refractivity contribution is 7.10. The van der Waals surface area contributed by atoms with Gasteiger partial charge in [0.2, 0.25) is 0 Å². The van der Waals surface area contributed by atoms with Crippen LogP contribution in [0.1, 0.15) is 10.4 Å². The van der Waals surface area contributed by atoms with Crippen molar-refractivity contribution in [2.24, 2.45) is 0 Å². The van der Waals surface area contributed by atoms with E-state index in [-0.39, 0.29) is 18.2 Å². The molecule has 2 aromatic rings. The molecule has 92 valence electrons. The number of benzene rings is 1. The average Bonchev–Trinajstić information content (AvgIpc) is 2.83. The molecular formula is C14H11FO2S. The van der Waals surface area contributed by atoms with Gasteiger partial charge in [-0.25, -0.2) is 4.39 Å². The maximum atomic E-state index is 13.3. The number of hydrogen-bond acceptors (Lipinski definition) is 3. The van der Waals surface area contributed by atoms with E-state index in [1.54, 1.807) is 18.2 Å². The number of halogens is 1. The Hall–Kier alpha value is -1.83. The van der Waals surface area contributed by atoms with Crippen LogP contribution < -0.4 is 4.74 Å². The third kappa shape index (κ3) is 3.33. The lowest BCUT2D eigenvalue weighted by Gasteiger charge is -2.04. The van der Waals surface area contributed by atoms with E-state index in [4.69, 9.17) is 9.84 Å². The third-order valence-electron chi connectivity index (χ3n) is 2.17. The van der Waals surface area contributed by atoms with Gasteiger partial charge in [-0.05, 0) is 18.2 Å². The highest BCUT2D eigenvalue weighted by atomic mass is 32.1. The molecular weight excluding hydrogens is 251 g/mol. The van der Waals surface area contributed by atoms with Crippen LogP contribution in [0.3, 0.4) is 0 Å². The fourth-order valence-electron chi connectivity index (χ4n) is 1.37. The number of thiophene rings is 1. The molecule has 0 fully saturated rings. The monoisotopic (exact) mass is 262 g/mol. The number of aliphatic hydroxyl groups is 1. The molecule has 0 saturated carbocycles. The maximum absolute atomic E-state index is 13.3. The fourth-order valence-corrected chi connectivity index (χ4v) is 2.10. The van der Waals surface area contributed by atoms with E-state index in [0.29, 0.717) is 6.61 Å². The summed E-state index contributed by atoms with van der Waals surface area (Å²) in [6, 6.07) is 8.17. The quantitative estimate of drug-likeness (QED) is 0.862. The Morgan fingerprint density at radius 3 is 2.94 bits per heavy atom. The molecule has 0 unspecified atom stereocenters. The van der Waals surface area contributed by atoms with Gasteiger partial charge in [0.05, 0.1) is 0 Å². The van der Waals surface area contributed by atoms with Crippen LogP contribution in [0, 0.1) is 17.7 Å². The van der Waals surface area contributed by atoms with Crippen molar-refractivity contribution in [1.29, 1.82) is 0 Å². The predicted molar refractivity (Wildman–Crippen MR) is 69.0 cm³/mol. The summed E-state index contributed by atoms with van der Waals surface area (Å²) in [5.41, 5.74) is 0.834. The van der Waals surface area contributed by atoms with Crippen LogP contribution in [0.5, 0.6) is 5.75 Å². The fraction of sp³-hybridized carbons (Fsp3) is 0.143. The van der Waals surface area contributed by atoms with Gasteiger partial charge < -0.3 is 9.84 Å². The van der Waals surface area contributed by atoms with Crippen LogP contribution in [0.4, 0.5) is 4.39 Å². The number of ether oxygens (including phenoxy) is 1. The van der Waals surface area contributed by atoms with Gasteiger partial charge in [0.1, 0.15) is 13.2 Å². The summed E-state index contributed by atoms with van der Waals surface area (Å²) in [6.07, 6.45) is 0. The first-order chi connectivity index (χ1) is 8.79. The molecule has 0 bridgehead atoms. The molecule has 0 amide bonds. The lowest BCUT2D eigenvalue weighted by Crippen LogP contribution is -1.94. The van der Waals surface area contributed by atoms with Crippen LogP contribution in [0.2, 0.25) is 0 Å². The largest absolute Gasteiger partial charge is 0.485 e. The van der Waals surface area contributed by atoms with Crippen molar-refractivity contribution >= 4 is 11.3 Å². The zero-order valence-corrected chi connectivity index (χ0v) is 10.3. The van der Waals surface area contributed by atoms with Gasteiger partial charge in [-0.15, -0.1) is 11.3 Å². The number of hydrogen-bond donors (Lipinski definition) is 1. The molecule has 2 rings (SSSR count). The molecule has 1 aromatic carbocycles. The minimum Gasteiger partial charge on any atom is -0.485 e. The molecule has 1 heterocycles. The molecule has 0 aliphatic heterocycles. The molecule has 0 radical (unpaired) electrons. The zero-order valence-electron chi connectivity index (χ0n) is 9.52. The molecule has 0 aliphatic carbocycles. The third-order valence-corrected chi connectivity index (χ3v) is 3.08. The van der Waals surface area contributed by atoms with Crippen LogP contribution in [-0.2, 0) is 6.61 Å². The Balaban J connectivity index is 1.98. The van der Waals surface area contributed by atoms with Crippen molar-refractivity contribution in [2.75, 3.05) is 6.61 Å². The van der Waals surface area contributed by atoms with Gasteiger partial charge in [-0.3, -0.25) is 0 Å². The van der Waals surface area contributed by atoms with E-state index in [1.165, 1.54) is 17.4 Å². The lowest BCUT2D eigenvalue weighted by molar-refractivity contribution is 0.293. The van der Waals surface area contributed by atoms with E-state index in [2.05, 4.69) is 11.8 Å². The SMILES string of the molecule is OCC#Cc1csc(COc2ccccc2F)c1. The number of aliphatic hydroxyl groups excluding tert-OH is 1. The topological polar surface area (TPSA) is 29.5 Å². The predicted octanol–water partition coefficient (Wildman–Crippen LogP) is 2.81. The summed E-state index contributed by atoms with van der Waals surface area (Å²) in [5.74, 6) is 5.26. The van der Waals surface area contributed by atoms with E-state index in [9.17, 15) is 4.39 Å². The van der Waals surface area contributed by atoms with Gasteiger partial charge in [0.15, 0.2) is 11.6 Å². The molecule has 18 heavy (non-hydrogen) atoms. The van der Waals surface area contributed by atoms with E-state index in [1.807, 2.05) is 11.4 Å². The Kier molecular flexibility index (Phi) is 4.35. The van der Waals surface area contributed by atoms with Crippen molar-refractivity contribution in [3.05, 3.63) is 52.0 Å². The van der Waals surface area contributed by atoms with Gasteiger partial charge in [-0.1, -0.05) is 24.0 Å². The van der Waals surface area contributed by atoms with Crippen LogP contribution >= 0.6 is 11.3 Å². The van der Waals surface area contributed by atoms with Crippen molar-refractivity contribution in [1.82, 2.24) is 0 Å². The molecule has 4 heteroatoms. The number of para-hydroxylation sites is 1. The Labute approximate surface area is 109 Å². The van der Waals surface area contributed by atoms with E-state index >= 15 is 0 Å². The van der Waals surface area contributed by atoms with E-state index < -0.39 is 0 Å². The first-order valence-corrected chi connectivity index (χ1v) is 6.22. The second-order valence-electron chi connectivity index (χ2n) is 3.48. The molecule has 0 aliphatic rings. The molecule has 2 nitrogen and oxygen atoms in total. The standard InChI is InChI=1S/C14H11FO2S/c15-13-5-1-2-6-14(13)17-9-12-8-11(10-18-12)4-3-7-16/h1-2,5-6,8,10,16H,7,9H2. The average molecular weight is 262 g/mol. The highest BCUT2D eigenvalue weighted by Gasteiger charge is 2.03. The minimum absolute atomic E-state index is 0.156. The summed E-state index contributed by atoms with van der Waals surface area (Å²) >= 11 is 1.49. The zero-order chi connectivity index (χ0) is 12.8. The van der Waals surface area contributed by atoms with Crippen molar-refractivity contribution in [2.45, 2.75) is 6.61 Å². The first-order valence-electron chi connectivity index (χ1n) is 5.34. The van der Waals surface area contributed by atoms with E-state index in [0.717, 1.165) is 10.4 Å². The summed E-state index contributed by atoms with van der Waals surface area (Å²) in [5, 5.41) is 10.5. The normalized spacial score (nSPS) is 9.67. The Morgan fingerprint density at radius 2 is 2.17 bits per heavy atom. The van der Waals surface area contributed by atoms with Gasteiger partial charge in [0, 0.05) is 15.8 Å². The summed E-state index contributed by atoms with van der Waals surface area (Å²) in [6.45, 7) is 0.156. The minimum atomic E-state index is -0.366. The van der Waals surface area contributed by atoms with Crippen molar-refractivity contribution < 1.29 is 14.2 Å². The molecule has 1 N–H and O–H groups in total. The van der Waals surface area contributed by atoms with Crippen LogP contribution in [-0.4, -0.2) is 11.7 Å². The van der Waals surface area contributed by atoms with Gasteiger partial charge in [-0.2, -0.15) is 0 Å². The Bertz CT molecular complexity index is 581. The first kappa shape index (κ1) is 12.6. The van der Waals surface area contributed by atoms with Crippen LogP contribution in [0.25, 0.3) is 0 Å². The second-order valence-corrected chi connectivity index (χ2v) is 4.48. The lowest BCUT2D eigenvalue weighted by atomic mass is 10.3. The number of rotatable bonds is 3. The summed E-state index contributed by atoms with van der Waals surface area (Å²) in [7, 11) is 0. The second kappa shape index (κ2) is 6.20. The molecule has 0 saturated heterocycles.